The average molecular weight is 361 g/mol. The van der Waals surface area contributed by atoms with Crippen molar-refractivity contribution in [1.82, 2.24) is 0 Å². The van der Waals surface area contributed by atoms with Crippen molar-refractivity contribution in [3.8, 4) is 0 Å². The van der Waals surface area contributed by atoms with E-state index >= 15 is 0 Å². The van der Waals surface area contributed by atoms with Crippen molar-refractivity contribution in [1.29, 1.82) is 0 Å². The van der Waals surface area contributed by atoms with Crippen LogP contribution < -0.4 is 0 Å². The van der Waals surface area contributed by atoms with E-state index in [0.717, 1.165) is 0 Å². The van der Waals surface area contributed by atoms with Crippen LogP contribution in [0.25, 0.3) is 0 Å². The fourth-order valence-electron chi connectivity index (χ4n) is 0. The zero-order valence-corrected chi connectivity index (χ0v) is 10.1. The molecule has 0 aromatic heterocycles. The van der Waals surface area contributed by atoms with Crippen LogP contribution in [0.15, 0.2) is 0 Å². The quantitative estimate of drug-likeness (QED) is 0.656. The van der Waals surface area contributed by atoms with E-state index in [1.54, 1.807) is 0 Å². The van der Waals surface area contributed by atoms with Crippen molar-refractivity contribution in [2.24, 2.45) is 0 Å². The van der Waals surface area contributed by atoms with Crippen LogP contribution in [-0.4, -0.2) is 16.4 Å². The molecule has 0 fully saturated rings. The fraction of sp³-hybridized carbons (Fsp3) is 0. The maximum Gasteiger partial charge on any atom is 0.503 e. The standard InChI is InChI=1S/CH2O3.Ce.FH.La/c2-1(3)4;;;/h(H2,2,3,4);;1H;. The molecule has 0 aliphatic rings. The van der Waals surface area contributed by atoms with Gasteiger partial charge in [0.15, 0.2) is 0 Å². The van der Waals surface area contributed by atoms with E-state index in [1.807, 2.05) is 0 Å². The van der Waals surface area contributed by atoms with Gasteiger partial charge in [0.05, 0.1) is 0 Å². The minimum absolute atomic E-state index is 0. The third kappa shape index (κ3) is 82.5. The van der Waals surface area contributed by atoms with Gasteiger partial charge in [-0.1, -0.05) is 0 Å². The third-order valence-corrected chi connectivity index (χ3v) is 0. The Morgan fingerprint density at radius 2 is 1.29 bits per heavy atom. The van der Waals surface area contributed by atoms with Gasteiger partial charge in [-0.15, -0.1) is 0 Å². The largest absolute Gasteiger partial charge is 0.503 e. The number of hydrogen-bond acceptors (Lipinski definition) is 1. The molecule has 2 N–H and O–H groups in total. The Morgan fingerprint density at radius 3 is 1.29 bits per heavy atom. The Hall–Kier alpha value is 1.77. The van der Waals surface area contributed by atoms with Gasteiger partial charge in [-0.2, -0.15) is 0 Å². The van der Waals surface area contributed by atoms with Crippen LogP contribution in [0.3, 0.4) is 0 Å². The van der Waals surface area contributed by atoms with Gasteiger partial charge in [-0.25, -0.2) is 4.79 Å². The Labute approximate surface area is 101 Å². The van der Waals surface area contributed by atoms with Crippen LogP contribution in [0, 0.1) is 77.3 Å². The molecular formula is CH3CeFLaO3. The summed E-state index contributed by atoms with van der Waals surface area (Å²) in [5.41, 5.74) is 0. The van der Waals surface area contributed by atoms with E-state index in [2.05, 4.69) is 0 Å². The average Bonchev–Trinajstić information content (AvgIpc) is 0.811. The second-order valence-corrected chi connectivity index (χ2v) is 0.283. The first-order chi connectivity index (χ1) is 1.73. The summed E-state index contributed by atoms with van der Waals surface area (Å²) in [5.74, 6) is 0. The number of rotatable bonds is 0. The molecule has 0 aromatic rings. The van der Waals surface area contributed by atoms with Crippen LogP contribution in [-0.2, 0) is 0 Å². The van der Waals surface area contributed by atoms with Crippen molar-refractivity contribution in [2.75, 3.05) is 0 Å². The normalized spacial score (nSPS) is 3.43. The molecular weight excluding hydrogens is 358 g/mol. The molecule has 0 atom stereocenters. The van der Waals surface area contributed by atoms with E-state index in [0.29, 0.717) is 0 Å². The fourth-order valence-corrected chi connectivity index (χ4v) is 0. The molecule has 7 heavy (non-hydrogen) atoms. The molecule has 0 heterocycles. The van der Waals surface area contributed by atoms with Crippen LogP contribution in [0.1, 0.15) is 0 Å². The predicted octanol–water partition coefficient (Wildman–Crippen LogP) is 0.375. The van der Waals surface area contributed by atoms with Crippen molar-refractivity contribution in [2.45, 2.75) is 0 Å². The van der Waals surface area contributed by atoms with Crippen LogP contribution in [0.4, 0.5) is 9.50 Å². The molecule has 0 saturated carbocycles. The zero-order chi connectivity index (χ0) is 3.58. The number of hydrogen-bond donors (Lipinski definition) is 2. The van der Waals surface area contributed by atoms with E-state index < -0.39 is 6.16 Å². The summed E-state index contributed by atoms with van der Waals surface area (Å²) in [5, 5.41) is 13.9. The monoisotopic (exact) mass is 361 g/mol. The smallest absolute Gasteiger partial charge is 0.450 e. The number of halogens is 1. The second-order valence-electron chi connectivity index (χ2n) is 0.283. The van der Waals surface area contributed by atoms with Gasteiger partial charge in [-0.05, 0) is 0 Å². The molecule has 6 heteroatoms. The third-order valence-electron chi connectivity index (χ3n) is 0. The summed E-state index contributed by atoms with van der Waals surface area (Å²) in [6, 6.07) is 0. The summed E-state index contributed by atoms with van der Waals surface area (Å²) < 4.78 is 0. The molecule has 0 amide bonds. The van der Waals surface area contributed by atoms with Crippen LogP contribution in [0.2, 0.25) is 0 Å². The molecule has 39 valence electrons. The number of carboxylic acid groups (broad SMARTS) is 2. The minimum Gasteiger partial charge on any atom is -0.450 e. The molecule has 3 nitrogen and oxygen atoms in total. The maximum absolute atomic E-state index is 8.56. The first kappa shape index (κ1) is 23.3. The summed E-state index contributed by atoms with van der Waals surface area (Å²) in [6.45, 7) is 0. The van der Waals surface area contributed by atoms with Crippen molar-refractivity contribution in [3.63, 3.8) is 0 Å². The van der Waals surface area contributed by atoms with Gasteiger partial charge < -0.3 is 10.2 Å². The summed E-state index contributed by atoms with van der Waals surface area (Å²) in [7, 11) is 0. The summed E-state index contributed by atoms with van der Waals surface area (Å²) in [4.78, 5) is 8.56. The summed E-state index contributed by atoms with van der Waals surface area (Å²) >= 11 is 0. The molecule has 0 bridgehead atoms. The second kappa shape index (κ2) is 15.7. The predicted molar refractivity (Wildman–Crippen MR) is 13.2 cm³/mol. The molecule has 1 radical (unpaired) electrons. The molecule has 0 aromatic carbocycles. The molecule has 0 rings (SSSR count). The van der Waals surface area contributed by atoms with E-state index in [4.69, 9.17) is 15.0 Å². The van der Waals surface area contributed by atoms with Crippen LogP contribution >= 0.6 is 0 Å². The van der Waals surface area contributed by atoms with Crippen molar-refractivity contribution in [3.05, 3.63) is 0 Å². The van der Waals surface area contributed by atoms with Gasteiger partial charge in [0, 0.05) is 77.3 Å². The molecule has 0 unspecified atom stereocenters. The van der Waals surface area contributed by atoms with Crippen molar-refractivity contribution < 1.29 is 97.1 Å². The minimum atomic E-state index is -1.83. The first-order valence-corrected chi connectivity index (χ1v) is 0.651. The van der Waals surface area contributed by atoms with Gasteiger partial charge in [-0.3, -0.25) is 4.70 Å². The topological polar surface area (TPSA) is 57.5 Å². The van der Waals surface area contributed by atoms with E-state index in [9.17, 15) is 0 Å². The Balaban J connectivity index is -0.0000000150. The SMILES string of the molecule is F.O=C(O)O.[Ce].[La]. The maximum atomic E-state index is 8.56. The molecule has 0 aliphatic heterocycles. The van der Waals surface area contributed by atoms with E-state index in [-0.39, 0.29) is 82.1 Å². The Kier molecular flexibility index (Phi) is 52.0. The Bertz CT molecular complexity index is 37.9. The molecule has 0 aliphatic carbocycles. The number of carbonyl (C=O) groups is 1. The van der Waals surface area contributed by atoms with Crippen LogP contribution in [0.5, 0.6) is 0 Å². The van der Waals surface area contributed by atoms with Gasteiger partial charge >= 0.3 is 6.16 Å². The van der Waals surface area contributed by atoms with Gasteiger partial charge in [0.25, 0.3) is 0 Å². The van der Waals surface area contributed by atoms with E-state index in [1.165, 1.54) is 0 Å². The molecule has 0 spiro atoms. The molecule has 0 saturated heterocycles. The zero-order valence-electron chi connectivity index (χ0n) is 3.29. The summed E-state index contributed by atoms with van der Waals surface area (Å²) in [6.07, 6.45) is -1.83. The Morgan fingerprint density at radius 1 is 1.29 bits per heavy atom. The van der Waals surface area contributed by atoms with Gasteiger partial charge in [0.1, 0.15) is 0 Å². The van der Waals surface area contributed by atoms with Gasteiger partial charge in [0.2, 0.25) is 0 Å². The van der Waals surface area contributed by atoms with Crippen molar-refractivity contribution >= 4 is 6.16 Å². The first-order valence-electron chi connectivity index (χ1n) is 0.651.